The number of furan rings is 3. The molecular weight excluding hydrogens is 913 g/mol. The van der Waals surface area contributed by atoms with Crippen molar-refractivity contribution < 1.29 is 13.3 Å². The van der Waals surface area contributed by atoms with Crippen molar-refractivity contribution in [2.24, 2.45) is 0 Å². The van der Waals surface area contributed by atoms with E-state index in [4.69, 9.17) is 13.3 Å². The van der Waals surface area contributed by atoms with E-state index in [0.717, 1.165) is 88.1 Å². The third-order valence-electron chi connectivity index (χ3n) is 16.2. The van der Waals surface area contributed by atoms with E-state index in [1.165, 1.54) is 86.9 Å². The van der Waals surface area contributed by atoms with Crippen molar-refractivity contribution in [3.8, 4) is 44.5 Å². The standard InChI is InChI=1S/C72H40O3/c1-3-15-43-38-67-61(33-41(43)13-1)59-36-46(27-31-64(59)74-67)70-52-19-7-5-17-50(52)69(51-18-6-8-20-53(51)70)45-26-30-63-58(35-45)49-29-25-48(40-66(49)73-63)72-56-23-11-9-21-54(56)71(55-22-10-12-24-57(55)72)47-28-32-65-60(37-47)62-34-42-14-2-4-16-44(42)39-68(62)75-65/h1-40H. The molecule has 0 unspecified atom stereocenters. The predicted octanol–water partition coefficient (Wildman–Crippen LogP) is 21.0. The summed E-state index contributed by atoms with van der Waals surface area (Å²) in [7, 11) is 0. The van der Waals surface area contributed by atoms with E-state index in [0.29, 0.717) is 0 Å². The quantitative estimate of drug-likeness (QED) is 0.165. The van der Waals surface area contributed by atoms with Gasteiger partial charge in [0.05, 0.1) is 0 Å². The molecule has 0 bridgehead atoms. The van der Waals surface area contributed by atoms with Crippen LogP contribution in [0.3, 0.4) is 0 Å². The molecule has 0 spiro atoms. The SMILES string of the molecule is c1ccc2cc3c(cc2c1)oc1ccc(-c2c4ccccc4c(-c4ccc5c(c4)oc4ccc(-c6c7ccccc7c(-c7ccc8oc9cc%10ccccc%10cc9c8c7)c7ccccc67)cc45)c4ccccc24)cc13. The number of hydrogen-bond acceptors (Lipinski definition) is 3. The predicted molar refractivity (Wildman–Crippen MR) is 315 cm³/mol. The molecule has 14 aromatic carbocycles. The van der Waals surface area contributed by atoms with Crippen LogP contribution >= 0.6 is 0 Å². The molecule has 0 saturated carbocycles. The molecule has 3 heterocycles. The maximum Gasteiger partial charge on any atom is 0.136 e. The second kappa shape index (κ2) is 15.3. The Morgan fingerprint density at radius 1 is 0.160 bits per heavy atom. The number of hydrogen-bond donors (Lipinski definition) is 0. The zero-order valence-electron chi connectivity index (χ0n) is 40.3. The van der Waals surface area contributed by atoms with E-state index in [-0.39, 0.29) is 0 Å². The Morgan fingerprint density at radius 2 is 0.413 bits per heavy atom. The lowest BCUT2D eigenvalue weighted by atomic mass is 9.85. The fraction of sp³-hybridized carbons (Fsp3) is 0. The highest BCUT2D eigenvalue weighted by Crippen LogP contribution is 2.49. The average molecular weight is 953 g/mol. The summed E-state index contributed by atoms with van der Waals surface area (Å²) < 4.78 is 19.8. The molecule has 0 aliphatic carbocycles. The zero-order valence-corrected chi connectivity index (χ0v) is 40.3. The van der Waals surface area contributed by atoms with Gasteiger partial charge in [-0.1, -0.05) is 170 Å². The highest BCUT2D eigenvalue weighted by molar-refractivity contribution is 6.25. The summed E-state index contributed by atoms with van der Waals surface area (Å²) in [6.45, 7) is 0. The summed E-state index contributed by atoms with van der Waals surface area (Å²) in [5.74, 6) is 0. The molecule has 3 heteroatoms. The minimum absolute atomic E-state index is 0.863. The van der Waals surface area contributed by atoms with Crippen molar-refractivity contribution in [3.63, 3.8) is 0 Å². The van der Waals surface area contributed by atoms with Crippen molar-refractivity contribution in [2.75, 3.05) is 0 Å². The van der Waals surface area contributed by atoms with E-state index in [1.807, 2.05) is 0 Å². The number of rotatable bonds is 4. The fourth-order valence-electron chi connectivity index (χ4n) is 12.8. The van der Waals surface area contributed by atoms with Crippen molar-refractivity contribution in [2.45, 2.75) is 0 Å². The first-order valence-corrected chi connectivity index (χ1v) is 25.7. The lowest BCUT2D eigenvalue weighted by Gasteiger charge is -2.18. The van der Waals surface area contributed by atoms with Crippen molar-refractivity contribution >= 4 is 130 Å². The van der Waals surface area contributed by atoms with E-state index in [9.17, 15) is 0 Å². The molecule has 0 amide bonds. The summed E-state index contributed by atoms with van der Waals surface area (Å²) in [4.78, 5) is 0. The lowest BCUT2D eigenvalue weighted by Crippen LogP contribution is -1.91. The van der Waals surface area contributed by atoms with Crippen LogP contribution in [0.1, 0.15) is 0 Å². The first-order chi connectivity index (χ1) is 37.1. The Balaban J connectivity index is 0.811. The van der Waals surface area contributed by atoms with Gasteiger partial charge in [0.2, 0.25) is 0 Å². The molecule has 17 rings (SSSR count). The summed E-state index contributed by atoms with van der Waals surface area (Å²) in [6, 6.07) is 88.2. The molecule has 0 fully saturated rings. The zero-order chi connectivity index (χ0) is 48.9. The topological polar surface area (TPSA) is 39.4 Å². The number of benzene rings is 14. The first-order valence-electron chi connectivity index (χ1n) is 25.7. The maximum atomic E-state index is 6.84. The Morgan fingerprint density at radius 3 is 0.760 bits per heavy atom. The van der Waals surface area contributed by atoms with Gasteiger partial charge in [-0.25, -0.2) is 0 Å². The number of fused-ring (bicyclic) bond motifs is 15. The molecule has 0 aliphatic heterocycles. The third kappa shape index (κ3) is 5.92. The highest BCUT2D eigenvalue weighted by atomic mass is 16.3. The third-order valence-corrected chi connectivity index (χ3v) is 16.2. The fourth-order valence-corrected chi connectivity index (χ4v) is 12.8. The minimum Gasteiger partial charge on any atom is -0.456 e. The van der Waals surface area contributed by atoms with E-state index in [2.05, 4.69) is 243 Å². The monoisotopic (exact) mass is 952 g/mol. The second-order valence-corrected chi connectivity index (χ2v) is 20.2. The molecule has 346 valence electrons. The van der Waals surface area contributed by atoms with Crippen LogP contribution in [0.5, 0.6) is 0 Å². The van der Waals surface area contributed by atoms with Crippen LogP contribution in [0.25, 0.3) is 175 Å². The van der Waals surface area contributed by atoms with Gasteiger partial charge in [0.15, 0.2) is 0 Å². The Labute approximate surface area is 428 Å². The molecule has 0 saturated heterocycles. The smallest absolute Gasteiger partial charge is 0.136 e. The Hall–Kier alpha value is -9.96. The molecule has 0 radical (unpaired) electrons. The van der Waals surface area contributed by atoms with Gasteiger partial charge < -0.3 is 13.3 Å². The normalized spacial score (nSPS) is 12.3. The molecule has 0 N–H and O–H groups in total. The van der Waals surface area contributed by atoms with Crippen LogP contribution in [-0.2, 0) is 0 Å². The Kier molecular flexibility index (Phi) is 8.28. The van der Waals surface area contributed by atoms with Crippen molar-refractivity contribution in [1.82, 2.24) is 0 Å². The average Bonchev–Trinajstić information content (AvgIpc) is 4.16. The van der Waals surface area contributed by atoms with Crippen LogP contribution in [0, 0.1) is 0 Å². The van der Waals surface area contributed by atoms with Gasteiger partial charge in [0.25, 0.3) is 0 Å². The molecule has 17 aromatic rings. The van der Waals surface area contributed by atoms with Crippen LogP contribution in [0.4, 0.5) is 0 Å². The molecule has 75 heavy (non-hydrogen) atoms. The summed E-state index contributed by atoms with van der Waals surface area (Å²) >= 11 is 0. The van der Waals surface area contributed by atoms with Crippen LogP contribution in [-0.4, -0.2) is 0 Å². The van der Waals surface area contributed by atoms with Gasteiger partial charge in [-0.3, -0.25) is 0 Å². The largest absolute Gasteiger partial charge is 0.456 e. The van der Waals surface area contributed by atoms with Crippen LogP contribution in [0.2, 0.25) is 0 Å². The van der Waals surface area contributed by atoms with Gasteiger partial charge in [-0.15, -0.1) is 0 Å². The van der Waals surface area contributed by atoms with Crippen LogP contribution in [0.15, 0.2) is 256 Å². The van der Waals surface area contributed by atoms with E-state index >= 15 is 0 Å². The molecular formula is C72H40O3. The van der Waals surface area contributed by atoms with Crippen molar-refractivity contribution in [1.29, 1.82) is 0 Å². The summed E-state index contributed by atoms with van der Waals surface area (Å²) in [5, 5.41) is 21.1. The second-order valence-electron chi connectivity index (χ2n) is 20.2. The summed E-state index contributed by atoms with van der Waals surface area (Å²) in [5.41, 5.74) is 14.8. The highest BCUT2D eigenvalue weighted by Gasteiger charge is 2.22. The van der Waals surface area contributed by atoms with Crippen molar-refractivity contribution in [3.05, 3.63) is 243 Å². The van der Waals surface area contributed by atoms with E-state index < -0.39 is 0 Å². The molecule has 3 aromatic heterocycles. The Bertz CT molecular complexity index is 5200. The van der Waals surface area contributed by atoms with E-state index in [1.54, 1.807) is 0 Å². The van der Waals surface area contributed by atoms with Gasteiger partial charge in [-0.2, -0.15) is 0 Å². The minimum atomic E-state index is 0.863. The van der Waals surface area contributed by atoms with Gasteiger partial charge in [-0.05, 0) is 182 Å². The van der Waals surface area contributed by atoms with Gasteiger partial charge >= 0.3 is 0 Å². The maximum absolute atomic E-state index is 6.84. The van der Waals surface area contributed by atoms with Crippen LogP contribution < -0.4 is 0 Å². The molecule has 3 nitrogen and oxygen atoms in total. The summed E-state index contributed by atoms with van der Waals surface area (Å²) in [6.07, 6.45) is 0. The van der Waals surface area contributed by atoms with Gasteiger partial charge in [0, 0.05) is 32.3 Å². The molecule has 0 atom stereocenters. The lowest BCUT2D eigenvalue weighted by molar-refractivity contribution is 0.669. The van der Waals surface area contributed by atoms with Gasteiger partial charge in [0.1, 0.15) is 33.5 Å². The molecule has 0 aliphatic rings. The first kappa shape index (κ1) is 40.6.